The lowest BCUT2D eigenvalue weighted by Crippen LogP contribution is -2.47. The van der Waals surface area contributed by atoms with Crippen molar-refractivity contribution >= 4 is 40.7 Å². The van der Waals surface area contributed by atoms with E-state index in [2.05, 4.69) is 10.6 Å². The summed E-state index contributed by atoms with van der Waals surface area (Å²) in [6.45, 7) is 3.30. The molecule has 22 heavy (non-hydrogen) atoms. The zero-order valence-electron chi connectivity index (χ0n) is 12.5. The lowest BCUT2D eigenvalue weighted by Gasteiger charge is -2.18. The zero-order valence-corrected chi connectivity index (χ0v) is 13.3. The minimum absolute atomic E-state index is 0. The molecule has 2 amide bonds. The number of hydrogen-bond acceptors (Lipinski definition) is 3. The highest BCUT2D eigenvalue weighted by Crippen LogP contribution is 2.23. The van der Waals surface area contributed by atoms with Gasteiger partial charge in [-0.2, -0.15) is 0 Å². The summed E-state index contributed by atoms with van der Waals surface area (Å²) in [6.07, 6.45) is 0. The number of nitrogens with one attached hydrogen (secondary N) is 2. The standard InChI is InChI=1S/C16H19N3O2.ClH/c1-10(15(17)20)19-16(21)11(2)18-14-9-5-7-12-6-3-4-8-13(12)14;/h3-11,18H,1-2H3,(H2,17,20)(H,19,21);1H/t10-,11-;/m0./s1. The van der Waals surface area contributed by atoms with Crippen molar-refractivity contribution in [2.24, 2.45) is 5.73 Å². The molecule has 6 heteroatoms. The van der Waals surface area contributed by atoms with Crippen LogP contribution in [0.4, 0.5) is 5.69 Å². The van der Waals surface area contributed by atoms with Crippen molar-refractivity contribution in [2.75, 3.05) is 5.32 Å². The molecule has 5 nitrogen and oxygen atoms in total. The Morgan fingerprint density at radius 3 is 2.32 bits per heavy atom. The molecule has 118 valence electrons. The number of benzene rings is 2. The Bertz CT molecular complexity index is 670. The second-order valence-corrected chi connectivity index (χ2v) is 5.03. The maximum Gasteiger partial charge on any atom is 0.242 e. The highest BCUT2D eigenvalue weighted by atomic mass is 35.5. The molecule has 0 aliphatic rings. The molecule has 2 atom stereocenters. The number of nitrogens with two attached hydrogens (primary N) is 1. The minimum atomic E-state index is -0.686. The van der Waals surface area contributed by atoms with E-state index >= 15 is 0 Å². The van der Waals surface area contributed by atoms with Gasteiger partial charge in [0.05, 0.1) is 0 Å². The predicted octanol–water partition coefficient (Wildman–Crippen LogP) is 2.05. The molecule has 0 aliphatic carbocycles. The van der Waals surface area contributed by atoms with E-state index in [-0.39, 0.29) is 18.3 Å². The van der Waals surface area contributed by atoms with E-state index in [1.807, 2.05) is 42.5 Å². The van der Waals surface area contributed by atoms with Crippen molar-refractivity contribution in [3.63, 3.8) is 0 Å². The van der Waals surface area contributed by atoms with Crippen LogP contribution in [0.15, 0.2) is 42.5 Å². The summed E-state index contributed by atoms with van der Waals surface area (Å²) in [5.74, 6) is -0.824. The first-order valence-corrected chi connectivity index (χ1v) is 6.83. The summed E-state index contributed by atoms with van der Waals surface area (Å²) in [7, 11) is 0. The number of anilines is 1. The van der Waals surface area contributed by atoms with E-state index in [4.69, 9.17) is 5.73 Å². The third-order valence-corrected chi connectivity index (χ3v) is 3.34. The van der Waals surface area contributed by atoms with Crippen molar-refractivity contribution in [3.05, 3.63) is 42.5 Å². The fraction of sp³-hybridized carbons (Fsp3) is 0.250. The summed E-state index contributed by atoms with van der Waals surface area (Å²) in [4.78, 5) is 23.0. The Morgan fingerprint density at radius 1 is 1.00 bits per heavy atom. The van der Waals surface area contributed by atoms with Crippen LogP contribution in [0.25, 0.3) is 10.8 Å². The second-order valence-electron chi connectivity index (χ2n) is 5.03. The van der Waals surface area contributed by atoms with E-state index in [9.17, 15) is 9.59 Å². The van der Waals surface area contributed by atoms with Gasteiger partial charge in [-0.05, 0) is 25.3 Å². The average molecular weight is 322 g/mol. The molecule has 0 spiro atoms. The van der Waals surface area contributed by atoms with Gasteiger partial charge in [-0.15, -0.1) is 12.4 Å². The van der Waals surface area contributed by atoms with Crippen LogP contribution < -0.4 is 16.4 Å². The van der Waals surface area contributed by atoms with Gasteiger partial charge in [-0.25, -0.2) is 0 Å². The number of fused-ring (bicyclic) bond motifs is 1. The molecule has 2 aromatic rings. The van der Waals surface area contributed by atoms with Gasteiger partial charge in [0.25, 0.3) is 0 Å². The fourth-order valence-electron chi connectivity index (χ4n) is 2.06. The summed E-state index contributed by atoms with van der Waals surface area (Å²) < 4.78 is 0. The van der Waals surface area contributed by atoms with Gasteiger partial charge in [0, 0.05) is 11.1 Å². The molecular formula is C16H20ClN3O2. The quantitative estimate of drug-likeness (QED) is 0.788. The summed E-state index contributed by atoms with van der Waals surface area (Å²) in [6, 6.07) is 12.6. The third-order valence-electron chi connectivity index (χ3n) is 3.34. The maximum absolute atomic E-state index is 12.0. The fourth-order valence-corrected chi connectivity index (χ4v) is 2.06. The number of amides is 2. The van der Waals surface area contributed by atoms with Crippen molar-refractivity contribution in [3.8, 4) is 0 Å². The van der Waals surface area contributed by atoms with Gasteiger partial charge in [-0.1, -0.05) is 36.4 Å². The minimum Gasteiger partial charge on any atom is -0.373 e. The van der Waals surface area contributed by atoms with Gasteiger partial charge in [0.2, 0.25) is 11.8 Å². The zero-order chi connectivity index (χ0) is 15.4. The number of carbonyl (C=O) groups excluding carboxylic acids is 2. The molecule has 0 saturated carbocycles. The number of rotatable bonds is 5. The first-order chi connectivity index (χ1) is 9.99. The van der Waals surface area contributed by atoms with Crippen molar-refractivity contribution in [2.45, 2.75) is 25.9 Å². The number of primary amides is 1. The Kier molecular flexibility index (Phi) is 6.19. The van der Waals surface area contributed by atoms with Gasteiger partial charge < -0.3 is 16.4 Å². The van der Waals surface area contributed by atoms with E-state index in [1.165, 1.54) is 0 Å². The molecule has 0 saturated heterocycles. The lowest BCUT2D eigenvalue weighted by molar-refractivity contribution is -0.127. The molecule has 2 rings (SSSR count). The van der Waals surface area contributed by atoms with Crippen LogP contribution in [-0.2, 0) is 9.59 Å². The SMILES string of the molecule is C[C@H](NC(=O)[C@H](C)Nc1cccc2ccccc12)C(N)=O.Cl. The summed E-state index contributed by atoms with van der Waals surface area (Å²) in [5.41, 5.74) is 6.01. The van der Waals surface area contributed by atoms with Crippen molar-refractivity contribution in [1.29, 1.82) is 0 Å². The smallest absolute Gasteiger partial charge is 0.242 e. The Hall–Kier alpha value is -2.27. The first kappa shape index (κ1) is 17.8. The number of carbonyl (C=O) groups is 2. The lowest BCUT2D eigenvalue weighted by atomic mass is 10.1. The monoisotopic (exact) mass is 321 g/mol. The first-order valence-electron chi connectivity index (χ1n) is 6.83. The molecule has 2 aromatic carbocycles. The van der Waals surface area contributed by atoms with E-state index < -0.39 is 18.0 Å². The van der Waals surface area contributed by atoms with Gasteiger partial charge in [-0.3, -0.25) is 9.59 Å². The Labute approximate surface area is 135 Å². The van der Waals surface area contributed by atoms with Gasteiger partial charge >= 0.3 is 0 Å². The highest BCUT2D eigenvalue weighted by Gasteiger charge is 2.18. The van der Waals surface area contributed by atoms with E-state index in [0.29, 0.717) is 0 Å². The van der Waals surface area contributed by atoms with Crippen LogP contribution in [0.3, 0.4) is 0 Å². The summed E-state index contributed by atoms with van der Waals surface area (Å²) in [5, 5.41) is 7.88. The third kappa shape index (κ3) is 4.11. The van der Waals surface area contributed by atoms with Gasteiger partial charge in [0.15, 0.2) is 0 Å². The molecule has 0 fully saturated rings. The summed E-state index contributed by atoms with van der Waals surface area (Å²) >= 11 is 0. The molecule has 0 bridgehead atoms. The molecule has 0 aliphatic heterocycles. The van der Waals surface area contributed by atoms with E-state index in [0.717, 1.165) is 16.5 Å². The van der Waals surface area contributed by atoms with Crippen LogP contribution in [0.2, 0.25) is 0 Å². The molecule has 4 N–H and O–H groups in total. The highest BCUT2D eigenvalue weighted by molar-refractivity contribution is 5.96. The molecule has 0 heterocycles. The van der Waals surface area contributed by atoms with Crippen molar-refractivity contribution in [1.82, 2.24) is 5.32 Å². The maximum atomic E-state index is 12.0. The van der Waals surface area contributed by atoms with Crippen LogP contribution in [-0.4, -0.2) is 23.9 Å². The van der Waals surface area contributed by atoms with Crippen LogP contribution in [0.5, 0.6) is 0 Å². The molecular weight excluding hydrogens is 302 g/mol. The van der Waals surface area contributed by atoms with Crippen molar-refractivity contribution < 1.29 is 9.59 Å². The molecule has 0 unspecified atom stereocenters. The normalized spacial score (nSPS) is 12.8. The van der Waals surface area contributed by atoms with Crippen LogP contribution in [0, 0.1) is 0 Å². The molecule has 0 radical (unpaired) electrons. The Balaban J connectivity index is 0.00000242. The Morgan fingerprint density at radius 2 is 1.64 bits per heavy atom. The topological polar surface area (TPSA) is 84.2 Å². The van der Waals surface area contributed by atoms with Gasteiger partial charge in [0.1, 0.15) is 12.1 Å². The largest absolute Gasteiger partial charge is 0.373 e. The van der Waals surface area contributed by atoms with E-state index in [1.54, 1.807) is 13.8 Å². The number of hydrogen-bond donors (Lipinski definition) is 3. The van der Waals surface area contributed by atoms with Crippen LogP contribution in [0.1, 0.15) is 13.8 Å². The second kappa shape index (κ2) is 7.66. The number of halogens is 1. The molecule has 0 aromatic heterocycles. The predicted molar refractivity (Wildman–Crippen MR) is 91.1 cm³/mol. The average Bonchev–Trinajstić information content (AvgIpc) is 2.47. The van der Waals surface area contributed by atoms with Crippen LogP contribution >= 0.6 is 12.4 Å².